The van der Waals surface area contributed by atoms with Crippen molar-refractivity contribution in [2.75, 3.05) is 19.1 Å². The van der Waals surface area contributed by atoms with Gasteiger partial charge in [0.05, 0.1) is 25.5 Å². The smallest absolute Gasteiger partial charge is 0.277 e. The molecule has 26 heavy (non-hydrogen) atoms. The van der Waals surface area contributed by atoms with Crippen LogP contribution in [0.4, 0.5) is 5.69 Å². The molecule has 0 radical (unpaired) electrons. The number of benzene rings is 2. The van der Waals surface area contributed by atoms with Gasteiger partial charge < -0.3 is 9.47 Å². The van der Waals surface area contributed by atoms with Crippen LogP contribution in [-0.4, -0.2) is 26.0 Å². The number of hydrogen-bond acceptors (Lipinski definition) is 4. The molecule has 0 saturated heterocycles. The maximum absolute atomic E-state index is 12.9. The predicted octanol–water partition coefficient (Wildman–Crippen LogP) is 3.79. The van der Waals surface area contributed by atoms with E-state index in [2.05, 4.69) is 0 Å². The molecule has 0 saturated carbocycles. The molecule has 0 fully saturated rings. The van der Waals surface area contributed by atoms with Gasteiger partial charge in [-0.25, -0.2) is 4.90 Å². The summed E-state index contributed by atoms with van der Waals surface area (Å²) in [6.07, 6.45) is 0.873. The van der Waals surface area contributed by atoms with E-state index in [-0.39, 0.29) is 10.6 Å². The lowest BCUT2D eigenvalue weighted by atomic mass is 10.1. The third-order valence-electron chi connectivity index (χ3n) is 4.30. The molecule has 1 heterocycles. The lowest BCUT2D eigenvalue weighted by molar-refractivity contribution is -0.119. The fourth-order valence-electron chi connectivity index (χ4n) is 2.86. The Morgan fingerprint density at radius 1 is 0.923 bits per heavy atom. The molecule has 0 spiro atoms. The number of ether oxygens (including phenoxy) is 2. The Balaban J connectivity index is 2.01. The van der Waals surface area contributed by atoms with Crippen molar-refractivity contribution in [2.24, 2.45) is 0 Å². The van der Waals surface area contributed by atoms with Gasteiger partial charge in [-0.2, -0.15) is 0 Å². The SMILES string of the molecule is CCc1ccc(N2C(=O)C(Cl)=C(c3ccc(OC)c(OC)c3)C2=O)cc1. The Hall–Kier alpha value is -2.79. The first-order valence-corrected chi connectivity index (χ1v) is 8.49. The van der Waals surface area contributed by atoms with Crippen molar-refractivity contribution in [3.05, 3.63) is 58.6 Å². The number of carbonyl (C=O) groups is 2. The van der Waals surface area contributed by atoms with Gasteiger partial charge in [-0.15, -0.1) is 0 Å². The van der Waals surface area contributed by atoms with E-state index in [1.54, 1.807) is 30.3 Å². The number of nitrogens with zero attached hydrogens (tertiary/aromatic N) is 1. The van der Waals surface area contributed by atoms with Crippen LogP contribution >= 0.6 is 11.6 Å². The number of hydrogen-bond donors (Lipinski definition) is 0. The third kappa shape index (κ3) is 2.95. The van der Waals surface area contributed by atoms with Crippen molar-refractivity contribution in [1.82, 2.24) is 0 Å². The molecule has 1 aliphatic rings. The van der Waals surface area contributed by atoms with E-state index in [1.165, 1.54) is 14.2 Å². The van der Waals surface area contributed by atoms with E-state index in [1.807, 2.05) is 19.1 Å². The summed E-state index contributed by atoms with van der Waals surface area (Å²) in [6.45, 7) is 2.04. The Bertz CT molecular complexity index is 903. The Labute approximate surface area is 156 Å². The third-order valence-corrected chi connectivity index (χ3v) is 4.65. The number of halogens is 1. The summed E-state index contributed by atoms with van der Waals surface area (Å²) >= 11 is 6.23. The first kappa shape index (κ1) is 18.0. The molecule has 5 nitrogen and oxygen atoms in total. The molecule has 0 bridgehead atoms. The zero-order valence-corrected chi connectivity index (χ0v) is 15.5. The first-order chi connectivity index (χ1) is 12.5. The quantitative estimate of drug-likeness (QED) is 0.750. The predicted molar refractivity (Wildman–Crippen MR) is 101 cm³/mol. The fourth-order valence-corrected chi connectivity index (χ4v) is 3.13. The number of anilines is 1. The molecule has 0 N–H and O–H groups in total. The Morgan fingerprint density at radius 3 is 2.15 bits per heavy atom. The average molecular weight is 372 g/mol. The second-order valence-electron chi connectivity index (χ2n) is 5.72. The summed E-state index contributed by atoms with van der Waals surface area (Å²) in [4.78, 5) is 26.6. The molecule has 0 atom stereocenters. The molecule has 2 amide bonds. The monoisotopic (exact) mass is 371 g/mol. The lowest BCUT2D eigenvalue weighted by Gasteiger charge is -2.15. The number of methoxy groups -OCH3 is 2. The fraction of sp³-hybridized carbons (Fsp3) is 0.200. The summed E-state index contributed by atoms with van der Waals surface area (Å²) in [5.41, 5.74) is 2.26. The van der Waals surface area contributed by atoms with Crippen molar-refractivity contribution in [2.45, 2.75) is 13.3 Å². The highest BCUT2D eigenvalue weighted by Crippen LogP contribution is 2.38. The second kappa shape index (κ2) is 7.22. The number of carbonyl (C=O) groups excluding carboxylic acids is 2. The zero-order chi connectivity index (χ0) is 18.8. The van der Waals surface area contributed by atoms with Gasteiger partial charge in [0.25, 0.3) is 11.8 Å². The Morgan fingerprint density at radius 2 is 1.58 bits per heavy atom. The number of rotatable bonds is 5. The minimum Gasteiger partial charge on any atom is -0.493 e. The molecule has 3 rings (SSSR count). The van der Waals surface area contributed by atoms with Crippen molar-refractivity contribution in [3.63, 3.8) is 0 Å². The molecule has 2 aromatic rings. The van der Waals surface area contributed by atoms with Crippen LogP contribution in [0.3, 0.4) is 0 Å². The molecule has 1 aliphatic heterocycles. The maximum Gasteiger partial charge on any atom is 0.277 e. The van der Waals surface area contributed by atoms with E-state index < -0.39 is 11.8 Å². The molecule has 6 heteroatoms. The van der Waals surface area contributed by atoms with Crippen LogP contribution in [0, 0.1) is 0 Å². The highest BCUT2D eigenvalue weighted by atomic mass is 35.5. The normalized spacial score (nSPS) is 14.2. The topological polar surface area (TPSA) is 55.8 Å². The van der Waals surface area contributed by atoms with E-state index >= 15 is 0 Å². The number of aryl methyl sites for hydroxylation is 1. The van der Waals surface area contributed by atoms with Crippen LogP contribution in [-0.2, 0) is 16.0 Å². The minimum absolute atomic E-state index is 0.109. The second-order valence-corrected chi connectivity index (χ2v) is 6.10. The molecule has 2 aromatic carbocycles. The number of imide groups is 1. The number of amides is 2. The van der Waals surface area contributed by atoms with E-state index in [9.17, 15) is 9.59 Å². The molecule has 0 aliphatic carbocycles. The summed E-state index contributed by atoms with van der Waals surface area (Å²) < 4.78 is 10.5. The molecular weight excluding hydrogens is 354 g/mol. The molecule has 134 valence electrons. The van der Waals surface area contributed by atoms with Gasteiger partial charge in [0.2, 0.25) is 0 Å². The van der Waals surface area contributed by atoms with Crippen molar-refractivity contribution in [1.29, 1.82) is 0 Å². The first-order valence-electron chi connectivity index (χ1n) is 8.11. The summed E-state index contributed by atoms with van der Waals surface area (Å²) in [5.74, 6) is -0.0214. The van der Waals surface area contributed by atoms with Crippen molar-refractivity contribution < 1.29 is 19.1 Å². The standard InChI is InChI=1S/C20H18ClNO4/c1-4-12-5-8-14(9-6-12)22-19(23)17(18(21)20(22)24)13-7-10-15(25-2)16(11-13)26-3/h5-11H,4H2,1-3H3. The van der Waals surface area contributed by atoms with Gasteiger partial charge in [-0.3, -0.25) is 9.59 Å². The van der Waals surface area contributed by atoms with Gasteiger partial charge >= 0.3 is 0 Å². The summed E-state index contributed by atoms with van der Waals surface area (Å²) in [5, 5.41) is -0.109. The van der Waals surface area contributed by atoms with E-state index in [0.717, 1.165) is 16.9 Å². The summed E-state index contributed by atoms with van der Waals surface area (Å²) in [7, 11) is 3.02. The van der Waals surface area contributed by atoms with Crippen LogP contribution in [0.1, 0.15) is 18.1 Å². The highest BCUT2D eigenvalue weighted by Gasteiger charge is 2.39. The van der Waals surface area contributed by atoms with Crippen LogP contribution < -0.4 is 14.4 Å². The van der Waals surface area contributed by atoms with Crippen LogP contribution in [0.25, 0.3) is 5.57 Å². The lowest BCUT2D eigenvalue weighted by Crippen LogP contribution is -2.31. The largest absolute Gasteiger partial charge is 0.493 e. The van der Waals surface area contributed by atoms with Crippen LogP contribution in [0.5, 0.6) is 11.5 Å². The maximum atomic E-state index is 12.9. The minimum atomic E-state index is -0.536. The van der Waals surface area contributed by atoms with Gasteiger partial charge in [0.15, 0.2) is 11.5 Å². The summed E-state index contributed by atoms with van der Waals surface area (Å²) in [6, 6.07) is 12.2. The average Bonchev–Trinajstić information content (AvgIpc) is 2.90. The van der Waals surface area contributed by atoms with Gasteiger partial charge in [-0.1, -0.05) is 36.7 Å². The van der Waals surface area contributed by atoms with Gasteiger partial charge in [0, 0.05) is 0 Å². The van der Waals surface area contributed by atoms with Crippen LogP contribution in [0.2, 0.25) is 0 Å². The van der Waals surface area contributed by atoms with E-state index in [4.69, 9.17) is 21.1 Å². The van der Waals surface area contributed by atoms with Crippen molar-refractivity contribution >= 4 is 34.7 Å². The van der Waals surface area contributed by atoms with E-state index in [0.29, 0.717) is 22.7 Å². The van der Waals surface area contributed by atoms with Gasteiger partial charge in [0.1, 0.15) is 5.03 Å². The molecule has 0 unspecified atom stereocenters. The van der Waals surface area contributed by atoms with Crippen molar-refractivity contribution in [3.8, 4) is 11.5 Å². The molecule has 0 aromatic heterocycles. The Kier molecular flexibility index (Phi) is 5.00. The van der Waals surface area contributed by atoms with Crippen LogP contribution in [0.15, 0.2) is 47.5 Å². The van der Waals surface area contributed by atoms with Gasteiger partial charge in [-0.05, 0) is 41.8 Å². The molecular formula is C20H18ClNO4. The highest BCUT2D eigenvalue weighted by molar-refractivity contribution is 6.60. The zero-order valence-electron chi connectivity index (χ0n) is 14.7.